The lowest BCUT2D eigenvalue weighted by atomic mass is 10.1. The Morgan fingerprint density at radius 1 is 1.29 bits per heavy atom. The van der Waals surface area contributed by atoms with Gasteiger partial charge in [-0.3, -0.25) is 4.79 Å². The fraction of sp³-hybridized carbons (Fsp3) is 0.263. The van der Waals surface area contributed by atoms with Gasteiger partial charge in [-0.25, -0.2) is 4.39 Å². The number of halogens is 1. The maximum atomic E-state index is 13.9. The van der Waals surface area contributed by atoms with E-state index >= 15 is 0 Å². The summed E-state index contributed by atoms with van der Waals surface area (Å²) in [7, 11) is 0. The molecular formula is C19H17FN2OS. The number of rotatable bonds is 4. The number of nitriles is 1. The number of carbonyl (C=O) groups excluding carboxylic acids is 1. The summed E-state index contributed by atoms with van der Waals surface area (Å²) in [5.41, 5.74) is 1.04. The zero-order valence-electron chi connectivity index (χ0n) is 13.1. The van der Waals surface area contributed by atoms with Crippen molar-refractivity contribution in [2.45, 2.75) is 11.3 Å². The minimum absolute atomic E-state index is 0.0626. The monoisotopic (exact) mass is 340 g/mol. The van der Waals surface area contributed by atoms with Crippen molar-refractivity contribution in [3.05, 3.63) is 65.5 Å². The largest absolute Gasteiger partial charge is 0.338 e. The quantitative estimate of drug-likeness (QED) is 0.792. The fourth-order valence-electron chi connectivity index (χ4n) is 2.81. The van der Waals surface area contributed by atoms with E-state index in [1.165, 1.54) is 17.8 Å². The van der Waals surface area contributed by atoms with E-state index in [-0.39, 0.29) is 11.7 Å². The first-order chi connectivity index (χ1) is 11.7. The van der Waals surface area contributed by atoms with Crippen molar-refractivity contribution >= 4 is 17.7 Å². The first-order valence-corrected chi connectivity index (χ1v) is 8.82. The summed E-state index contributed by atoms with van der Waals surface area (Å²) in [5, 5.41) is 8.77. The zero-order chi connectivity index (χ0) is 16.9. The van der Waals surface area contributed by atoms with Crippen LogP contribution in [0.3, 0.4) is 0 Å². The molecule has 3 rings (SSSR count). The van der Waals surface area contributed by atoms with Crippen molar-refractivity contribution in [3.8, 4) is 6.07 Å². The molecule has 1 aliphatic rings. The van der Waals surface area contributed by atoms with Crippen LogP contribution in [0.2, 0.25) is 0 Å². The van der Waals surface area contributed by atoms with Gasteiger partial charge < -0.3 is 4.90 Å². The smallest absolute Gasteiger partial charge is 0.253 e. The minimum Gasteiger partial charge on any atom is -0.338 e. The van der Waals surface area contributed by atoms with Crippen LogP contribution in [0.1, 0.15) is 22.3 Å². The van der Waals surface area contributed by atoms with Gasteiger partial charge in [0.2, 0.25) is 0 Å². The second-order valence-corrected chi connectivity index (χ2v) is 6.90. The van der Waals surface area contributed by atoms with E-state index in [0.29, 0.717) is 28.5 Å². The molecule has 0 aromatic heterocycles. The molecule has 0 N–H and O–H groups in total. The van der Waals surface area contributed by atoms with Gasteiger partial charge in [-0.2, -0.15) is 5.26 Å². The van der Waals surface area contributed by atoms with Gasteiger partial charge in [-0.15, -0.1) is 11.8 Å². The molecule has 3 nitrogen and oxygen atoms in total. The van der Waals surface area contributed by atoms with Crippen molar-refractivity contribution in [1.82, 2.24) is 4.90 Å². The maximum absolute atomic E-state index is 13.9. The SMILES string of the molecule is N#Cc1ccc(SC[C@@H]2CCN(C(=O)c3ccccc3)C2)c(F)c1. The van der Waals surface area contributed by atoms with E-state index in [1.807, 2.05) is 41.3 Å². The van der Waals surface area contributed by atoms with E-state index < -0.39 is 0 Å². The van der Waals surface area contributed by atoms with Gasteiger partial charge in [0.05, 0.1) is 11.6 Å². The minimum atomic E-state index is -0.353. The van der Waals surface area contributed by atoms with Crippen LogP contribution in [0.5, 0.6) is 0 Å². The molecule has 0 saturated carbocycles. The summed E-state index contributed by atoms with van der Waals surface area (Å²) >= 11 is 1.45. The molecule has 5 heteroatoms. The molecule has 24 heavy (non-hydrogen) atoms. The van der Waals surface area contributed by atoms with Gasteiger partial charge in [-0.05, 0) is 42.7 Å². The van der Waals surface area contributed by atoms with Crippen LogP contribution in [-0.2, 0) is 0 Å². The third-order valence-electron chi connectivity index (χ3n) is 4.13. The standard InChI is InChI=1S/C19H17FN2OS/c20-17-10-14(11-21)6-7-18(17)24-13-15-8-9-22(12-15)19(23)16-4-2-1-3-5-16/h1-7,10,15H,8-9,12-13H2/t15-/m1/s1. The van der Waals surface area contributed by atoms with Crippen LogP contribution < -0.4 is 0 Å². The Morgan fingerprint density at radius 2 is 2.08 bits per heavy atom. The Morgan fingerprint density at radius 3 is 2.79 bits per heavy atom. The summed E-state index contributed by atoms with van der Waals surface area (Å²) in [5.74, 6) is 0.834. The lowest BCUT2D eigenvalue weighted by molar-refractivity contribution is 0.0788. The molecule has 0 spiro atoms. The molecule has 1 amide bonds. The predicted molar refractivity (Wildman–Crippen MR) is 92.3 cm³/mol. The first kappa shape index (κ1) is 16.5. The van der Waals surface area contributed by atoms with E-state index in [4.69, 9.17) is 5.26 Å². The number of likely N-dealkylation sites (tertiary alicyclic amines) is 1. The highest BCUT2D eigenvalue weighted by atomic mass is 32.2. The average molecular weight is 340 g/mol. The van der Waals surface area contributed by atoms with Crippen LogP contribution in [0.15, 0.2) is 53.4 Å². The summed E-state index contributed by atoms with van der Waals surface area (Å²) < 4.78 is 13.9. The normalized spacial score (nSPS) is 16.8. The Hall–Kier alpha value is -2.32. The van der Waals surface area contributed by atoms with Crippen molar-refractivity contribution in [3.63, 3.8) is 0 Å². The van der Waals surface area contributed by atoms with E-state index in [0.717, 1.165) is 18.7 Å². The molecular weight excluding hydrogens is 323 g/mol. The highest BCUT2D eigenvalue weighted by Crippen LogP contribution is 2.28. The van der Waals surface area contributed by atoms with Gasteiger partial charge in [0.15, 0.2) is 0 Å². The number of nitrogens with zero attached hydrogens (tertiary/aromatic N) is 2. The Kier molecular flexibility index (Phi) is 5.17. The van der Waals surface area contributed by atoms with Crippen LogP contribution in [0.25, 0.3) is 0 Å². The Bertz CT molecular complexity index is 773. The number of benzene rings is 2. The summed E-state index contributed by atoms with van der Waals surface area (Å²) in [6.45, 7) is 1.45. The number of carbonyl (C=O) groups is 1. The Labute approximate surface area is 145 Å². The van der Waals surface area contributed by atoms with Crippen LogP contribution in [0, 0.1) is 23.1 Å². The molecule has 1 heterocycles. The van der Waals surface area contributed by atoms with Crippen LogP contribution >= 0.6 is 11.8 Å². The molecule has 0 radical (unpaired) electrons. The highest BCUT2D eigenvalue weighted by Gasteiger charge is 2.27. The van der Waals surface area contributed by atoms with Crippen LogP contribution in [0.4, 0.5) is 4.39 Å². The second kappa shape index (κ2) is 7.50. The molecule has 2 aromatic carbocycles. The molecule has 1 saturated heterocycles. The van der Waals surface area contributed by atoms with E-state index in [9.17, 15) is 9.18 Å². The van der Waals surface area contributed by atoms with Gasteiger partial charge >= 0.3 is 0 Å². The van der Waals surface area contributed by atoms with Gasteiger partial charge in [0, 0.05) is 29.3 Å². The first-order valence-electron chi connectivity index (χ1n) is 7.84. The van der Waals surface area contributed by atoms with Crippen molar-refractivity contribution in [1.29, 1.82) is 5.26 Å². The van der Waals surface area contributed by atoms with Crippen molar-refractivity contribution < 1.29 is 9.18 Å². The third kappa shape index (κ3) is 3.77. The molecule has 122 valence electrons. The van der Waals surface area contributed by atoms with Crippen molar-refractivity contribution in [2.75, 3.05) is 18.8 Å². The van der Waals surface area contributed by atoms with Crippen LogP contribution in [-0.4, -0.2) is 29.6 Å². The number of hydrogen-bond acceptors (Lipinski definition) is 3. The fourth-order valence-corrected chi connectivity index (χ4v) is 3.86. The number of amides is 1. The van der Waals surface area contributed by atoms with E-state index in [1.54, 1.807) is 12.1 Å². The number of hydrogen-bond donors (Lipinski definition) is 0. The highest BCUT2D eigenvalue weighted by molar-refractivity contribution is 7.99. The average Bonchev–Trinajstić information content (AvgIpc) is 3.09. The molecule has 0 aliphatic carbocycles. The Balaban J connectivity index is 1.55. The molecule has 1 fully saturated rings. The second-order valence-electron chi connectivity index (χ2n) is 5.84. The molecule has 1 atom stereocenters. The summed E-state index contributed by atoms with van der Waals surface area (Å²) in [6.07, 6.45) is 0.934. The van der Waals surface area contributed by atoms with Gasteiger partial charge in [0.25, 0.3) is 5.91 Å². The predicted octanol–water partition coefficient (Wildman–Crippen LogP) is 3.95. The lowest BCUT2D eigenvalue weighted by Crippen LogP contribution is -2.28. The lowest BCUT2D eigenvalue weighted by Gasteiger charge is -2.16. The van der Waals surface area contributed by atoms with Gasteiger partial charge in [-0.1, -0.05) is 18.2 Å². The number of thioether (sulfide) groups is 1. The van der Waals surface area contributed by atoms with E-state index in [2.05, 4.69) is 0 Å². The van der Waals surface area contributed by atoms with Gasteiger partial charge in [0.1, 0.15) is 5.82 Å². The summed E-state index contributed by atoms with van der Waals surface area (Å²) in [4.78, 5) is 14.8. The molecule has 0 unspecified atom stereocenters. The third-order valence-corrected chi connectivity index (χ3v) is 5.41. The van der Waals surface area contributed by atoms with Crippen molar-refractivity contribution in [2.24, 2.45) is 5.92 Å². The molecule has 0 bridgehead atoms. The molecule has 2 aromatic rings. The zero-order valence-corrected chi connectivity index (χ0v) is 13.9. The summed E-state index contributed by atoms with van der Waals surface area (Å²) in [6, 6.07) is 15.8. The maximum Gasteiger partial charge on any atom is 0.253 e. The topological polar surface area (TPSA) is 44.1 Å². The molecule has 1 aliphatic heterocycles.